The van der Waals surface area contributed by atoms with Crippen molar-refractivity contribution in [3.05, 3.63) is 81.2 Å². The van der Waals surface area contributed by atoms with Crippen LogP contribution in [0.3, 0.4) is 0 Å². The number of alkyl halides is 6. The molecule has 0 saturated heterocycles. The van der Waals surface area contributed by atoms with Crippen molar-refractivity contribution in [1.82, 2.24) is 9.55 Å². The molecule has 0 N–H and O–H groups in total. The normalized spacial score (nSPS) is 12.1. The average Bonchev–Trinajstić information content (AvgIpc) is 2.67. The second-order valence-electron chi connectivity index (χ2n) is 6.42. The highest BCUT2D eigenvalue weighted by atomic mass is 35.5. The lowest BCUT2D eigenvalue weighted by atomic mass is 10.1. The maximum atomic E-state index is 13.2. The molecule has 0 aliphatic rings. The highest BCUT2D eigenvalue weighted by molar-refractivity contribution is 6.34. The maximum Gasteiger partial charge on any atom is 0.422 e. The number of hydrogen-bond acceptors (Lipinski definition) is 3. The summed E-state index contributed by atoms with van der Waals surface area (Å²) in [6, 6.07) is 11.6. The van der Waals surface area contributed by atoms with Gasteiger partial charge < -0.3 is 9.30 Å². The Balaban J connectivity index is 2.15. The van der Waals surface area contributed by atoms with Crippen LogP contribution in [0.2, 0.25) is 5.02 Å². The van der Waals surface area contributed by atoms with Crippen molar-refractivity contribution < 1.29 is 31.1 Å². The first-order valence-electron chi connectivity index (χ1n) is 8.67. The number of hydrogen-bond donors (Lipinski definition) is 0. The van der Waals surface area contributed by atoms with Crippen LogP contribution in [0.5, 0.6) is 5.75 Å². The zero-order chi connectivity index (χ0) is 22.8. The van der Waals surface area contributed by atoms with Gasteiger partial charge in [-0.05, 0) is 17.7 Å². The van der Waals surface area contributed by atoms with E-state index in [1.807, 2.05) is 0 Å². The molecule has 11 heteroatoms. The van der Waals surface area contributed by atoms with Gasteiger partial charge >= 0.3 is 17.9 Å². The number of benzene rings is 2. The van der Waals surface area contributed by atoms with E-state index >= 15 is 0 Å². The summed E-state index contributed by atoms with van der Waals surface area (Å²) in [6.45, 7) is -1.74. The highest BCUT2D eigenvalue weighted by Crippen LogP contribution is 2.39. The van der Waals surface area contributed by atoms with E-state index in [0.29, 0.717) is 5.56 Å². The highest BCUT2D eigenvalue weighted by Gasteiger charge is 2.34. The van der Waals surface area contributed by atoms with Crippen molar-refractivity contribution in [2.45, 2.75) is 18.9 Å². The molecule has 0 bridgehead atoms. The summed E-state index contributed by atoms with van der Waals surface area (Å²) in [7, 11) is 0. The number of rotatable bonds is 5. The van der Waals surface area contributed by atoms with E-state index < -0.39 is 40.9 Å². The molecule has 0 aliphatic carbocycles. The third kappa shape index (κ3) is 5.57. The first-order chi connectivity index (χ1) is 14.5. The van der Waals surface area contributed by atoms with E-state index in [0.717, 1.165) is 18.3 Å². The van der Waals surface area contributed by atoms with E-state index in [4.69, 9.17) is 11.6 Å². The Hall–Kier alpha value is -3.01. The SMILES string of the molecule is O=c1nc(-c2cccc(C(F)(F)F)c2Cl)n(Cc2ccccc2)cc1OCC(F)(F)F. The standard InChI is InChI=1S/C20H13ClF6N2O2/c21-16-13(7-4-8-14(16)20(25,26)27)17-28-18(30)15(31-11-19(22,23)24)10-29(17)9-12-5-2-1-3-6-12/h1-8,10H,9,11H2. The monoisotopic (exact) mass is 462 g/mol. The predicted molar refractivity (Wildman–Crippen MR) is 101 cm³/mol. The Kier molecular flexibility index (Phi) is 6.30. The van der Waals surface area contributed by atoms with Crippen LogP contribution in [-0.4, -0.2) is 22.3 Å². The quantitative estimate of drug-likeness (QED) is 0.465. The topological polar surface area (TPSA) is 44.1 Å². The summed E-state index contributed by atoms with van der Waals surface area (Å²) in [5.41, 5.74) is -1.85. The number of ether oxygens (including phenoxy) is 1. The smallest absolute Gasteiger partial charge is 0.422 e. The number of nitrogens with zero attached hydrogens (tertiary/aromatic N) is 2. The fourth-order valence-electron chi connectivity index (χ4n) is 2.77. The fourth-order valence-corrected chi connectivity index (χ4v) is 3.09. The van der Waals surface area contributed by atoms with Gasteiger partial charge in [-0.1, -0.05) is 48.0 Å². The third-order valence-electron chi connectivity index (χ3n) is 4.10. The van der Waals surface area contributed by atoms with Gasteiger partial charge in [0.15, 0.2) is 6.61 Å². The Morgan fingerprint density at radius 2 is 1.65 bits per heavy atom. The zero-order valence-electron chi connectivity index (χ0n) is 15.5. The van der Waals surface area contributed by atoms with Crippen LogP contribution in [0.15, 0.2) is 59.5 Å². The van der Waals surface area contributed by atoms with Crippen LogP contribution in [0.25, 0.3) is 11.4 Å². The predicted octanol–water partition coefficient (Wildman–Crippen LogP) is 5.57. The second kappa shape index (κ2) is 8.62. The summed E-state index contributed by atoms with van der Waals surface area (Å²) in [5, 5.41) is -0.687. The summed E-state index contributed by atoms with van der Waals surface area (Å²) in [5.74, 6) is -0.940. The van der Waals surface area contributed by atoms with Gasteiger partial charge in [-0.3, -0.25) is 4.79 Å². The van der Waals surface area contributed by atoms with Crippen molar-refractivity contribution in [1.29, 1.82) is 0 Å². The van der Waals surface area contributed by atoms with E-state index in [1.165, 1.54) is 10.6 Å². The largest absolute Gasteiger partial charge is 0.477 e. The van der Waals surface area contributed by atoms with Crippen LogP contribution in [0.4, 0.5) is 26.3 Å². The molecule has 164 valence electrons. The molecule has 4 nitrogen and oxygen atoms in total. The van der Waals surface area contributed by atoms with Gasteiger partial charge in [-0.15, -0.1) is 0 Å². The molecular formula is C20H13ClF6N2O2. The summed E-state index contributed by atoms with van der Waals surface area (Å²) in [4.78, 5) is 15.9. The molecule has 31 heavy (non-hydrogen) atoms. The summed E-state index contributed by atoms with van der Waals surface area (Å²) in [6.07, 6.45) is -8.48. The fraction of sp³-hybridized carbons (Fsp3) is 0.200. The van der Waals surface area contributed by atoms with Crippen molar-refractivity contribution in [2.75, 3.05) is 6.61 Å². The maximum absolute atomic E-state index is 13.2. The average molecular weight is 463 g/mol. The van der Waals surface area contributed by atoms with E-state index in [-0.39, 0.29) is 17.9 Å². The van der Waals surface area contributed by atoms with Crippen LogP contribution >= 0.6 is 11.6 Å². The molecule has 0 saturated carbocycles. The van der Waals surface area contributed by atoms with Crippen molar-refractivity contribution in [3.63, 3.8) is 0 Å². The van der Waals surface area contributed by atoms with Gasteiger partial charge in [0.25, 0.3) is 0 Å². The molecule has 1 aromatic heterocycles. The Labute approximate surface area is 176 Å². The molecular weight excluding hydrogens is 450 g/mol. The van der Waals surface area contributed by atoms with Gasteiger partial charge in [0, 0.05) is 12.1 Å². The molecule has 0 fully saturated rings. The van der Waals surface area contributed by atoms with E-state index in [2.05, 4.69) is 9.72 Å². The minimum Gasteiger partial charge on any atom is -0.477 e. The van der Waals surface area contributed by atoms with Crippen LogP contribution in [-0.2, 0) is 12.7 Å². The molecule has 0 unspecified atom stereocenters. The summed E-state index contributed by atoms with van der Waals surface area (Å²) < 4.78 is 83.0. The lowest BCUT2D eigenvalue weighted by Gasteiger charge is -2.18. The Bertz CT molecular complexity index is 1130. The first-order valence-corrected chi connectivity index (χ1v) is 9.04. The van der Waals surface area contributed by atoms with Crippen LogP contribution in [0, 0.1) is 0 Å². The van der Waals surface area contributed by atoms with E-state index in [9.17, 15) is 31.1 Å². The van der Waals surface area contributed by atoms with Crippen molar-refractivity contribution >= 4 is 11.6 Å². The summed E-state index contributed by atoms with van der Waals surface area (Å²) >= 11 is 5.96. The molecule has 0 aliphatic heterocycles. The third-order valence-corrected chi connectivity index (χ3v) is 4.50. The molecule has 0 radical (unpaired) electrons. The van der Waals surface area contributed by atoms with Crippen molar-refractivity contribution in [2.24, 2.45) is 0 Å². The van der Waals surface area contributed by atoms with E-state index in [1.54, 1.807) is 30.3 Å². The second-order valence-corrected chi connectivity index (χ2v) is 6.79. The van der Waals surface area contributed by atoms with Gasteiger partial charge in [0.1, 0.15) is 5.82 Å². The van der Waals surface area contributed by atoms with Gasteiger partial charge in [-0.2, -0.15) is 31.3 Å². The van der Waals surface area contributed by atoms with Gasteiger partial charge in [0.05, 0.1) is 16.8 Å². The van der Waals surface area contributed by atoms with Crippen LogP contribution < -0.4 is 10.3 Å². The zero-order valence-corrected chi connectivity index (χ0v) is 16.2. The molecule has 3 rings (SSSR count). The molecule has 2 aromatic carbocycles. The number of aromatic nitrogens is 2. The molecule has 3 aromatic rings. The molecule has 0 atom stereocenters. The lowest BCUT2D eigenvalue weighted by Crippen LogP contribution is -2.24. The number of halogens is 7. The first kappa shape index (κ1) is 22.7. The van der Waals surface area contributed by atoms with Crippen molar-refractivity contribution in [3.8, 4) is 17.1 Å². The molecule has 0 spiro atoms. The van der Waals surface area contributed by atoms with Gasteiger partial charge in [-0.25, -0.2) is 0 Å². The molecule has 1 heterocycles. The Morgan fingerprint density at radius 3 is 2.26 bits per heavy atom. The lowest BCUT2D eigenvalue weighted by molar-refractivity contribution is -0.153. The Morgan fingerprint density at radius 1 is 0.968 bits per heavy atom. The minimum atomic E-state index is -4.76. The molecule has 0 amide bonds. The van der Waals surface area contributed by atoms with Crippen LogP contribution in [0.1, 0.15) is 11.1 Å². The minimum absolute atomic E-state index is 0.0155. The van der Waals surface area contributed by atoms with Gasteiger partial charge in [0.2, 0.25) is 5.75 Å².